The summed E-state index contributed by atoms with van der Waals surface area (Å²) in [5, 5.41) is 5.74. The second-order valence-corrected chi connectivity index (χ2v) is 7.27. The van der Waals surface area contributed by atoms with Crippen molar-refractivity contribution in [1.82, 2.24) is 4.98 Å². The van der Waals surface area contributed by atoms with E-state index in [0.717, 1.165) is 11.4 Å². The number of aromatic nitrogens is 1. The molecule has 0 spiro atoms. The van der Waals surface area contributed by atoms with E-state index < -0.39 is 0 Å². The molecule has 0 amide bonds. The summed E-state index contributed by atoms with van der Waals surface area (Å²) in [7, 11) is 0. The van der Waals surface area contributed by atoms with Gasteiger partial charge in [0.25, 0.3) is 0 Å². The second-order valence-electron chi connectivity index (χ2n) is 6.41. The van der Waals surface area contributed by atoms with Gasteiger partial charge in [0.15, 0.2) is 0 Å². The van der Waals surface area contributed by atoms with Crippen molar-refractivity contribution in [3.8, 4) is 17.0 Å². The third kappa shape index (κ3) is 2.86. The van der Waals surface area contributed by atoms with E-state index in [4.69, 9.17) is 9.72 Å². The van der Waals surface area contributed by atoms with Gasteiger partial charge in [-0.05, 0) is 29.8 Å². The topological polar surface area (TPSA) is 22.1 Å². The maximum atomic E-state index is 5.59. The Morgan fingerprint density at radius 2 is 1.95 bits per heavy atom. The molecule has 0 atom stereocenters. The van der Waals surface area contributed by atoms with E-state index in [0.29, 0.717) is 6.61 Å². The Balaban J connectivity index is 2.09. The molecule has 0 radical (unpaired) electrons. The van der Waals surface area contributed by atoms with E-state index in [2.05, 4.69) is 56.5 Å². The van der Waals surface area contributed by atoms with Crippen LogP contribution in [0.1, 0.15) is 32.7 Å². The fourth-order valence-electron chi connectivity index (χ4n) is 2.48. The highest BCUT2D eigenvalue weighted by Gasteiger charge is 2.19. The number of ether oxygens (including phenoxy) is 1. The van der Waals surface area contributed by atoms with E-state index in [9.17, 15) is 0 Å². The van der Waals surface area contributed by atoms with Gasteiger partial charge in [0.1, 0.15) is 5.75 Å². The smallest absolute Gasteiger partial charge is 0.119 e. The first-order valence-corrected chi connectivity index (χ1v) is 8.49. The van der Waals surface area contributed by atoms with Crippen LogP contribution in [0.5, 0.6) is 5.75 Å². The maximum absolute atomic E-state index is 5.59. The van der Waals surface area contributed by atoms with E-state index >= 15 is 0 Å². The predicted octanol–water partition coefficient (Wildman–Crippen LogP) is 5.66. The molecule has 22 heavy (non-hydrogen) atoms. The Kier molecular flexibility index (Phi) is 3.92. The van der Waals surface area contributed by atoms with Crippen LogP contribution in [0.15, 0.2) is 41.8 Å². The van der Waals surface area contributed by atoms with Crippen molar-refractivity contribution < 1.29 is 4.74 Å². The van der Waals surface area contributed by atoms with Crippen LogP contribution in [0, 0.1) is 0 Å². The monoisotopic (exact) mass is 311 g/mol. The lowest BCUT2D eigenvalue weighted by Gasteiger charge is -2.13. The van der Waals surface area contributed by atoms with Gasteiger partial charge in [-0.1, -0.05) is 45.0 Å². The fourth-order valence-corrected chi connectivity index (χ4v) is 3.39. The number of fused-ring (bicyclic) bond motifs is 1. The summed E-state index contributed by atoms with van der Waals surface area (Å²) >= 11 is 1.74. The molecular weight excluding hydrogens is 290 g/mol. The van der Waals surface area contributed by atoms with E-state index in [1.54, 1.807) is 11.3 Å². The van der Waals surface area contributed by atoms with Crippen LogP contribution in [-0.4, -0.2) is 11.6 Å². The molecule has 0 aliphatic carbocycles. The van der Waals surface area contributed by atoms with Crippen molar-refractivity contribution >= 4 is 22.1 Å². The minimum Gasteiger partial charge on any atom is -0.494 e. The van der Waals surface area contributed by atoms with E-state index in [1.165, 1.54) is 21.3 Å². The Morgan fingerprint density at radius 3 is 2.64 bits per heavy atom. The molecular formula is C19H21NOS. The standard InChI is InChI=1S/C19H21NOS/c1-5-21-14-9-10-15-13(11-14)7-6-8-16(15)17-12-22-18(20-17)19(2,3)4/h6-12H,5H2,1-4H3. The van der Waals surface area contributed by atoms with Crippen LogP contribution < -0.4 is 4.74 Å². The quantitative estimate of drug-likeness (QED) is 0.622. The van der Waals surface area contributed by atoms with Crippen LogP contribution >= 0.6 is 11.3 Å². The van der Waals surface area contributed by atoms with Crippen molar-refractivity contribution in [2.24, 2.45) is 0 Å². The number of hydrogen-bond donors (Lipinski definition) is 0. The number of rotatable bonds is 3. The average molecular weight is 311 g/mol. The van der Waals surface area contributed by atoms with Crippen LogP contribution in [0.25, 0.3) is 22.0 Å². The Morgan fingerprint density at radius 1 is 1.14 bits per heavy atom. The van der Waals surface area contributed by atoms with Gasteiger partial charge in [-0.2, -0.15) is 0 Å². The lowest BCUT2D eigenvalue weighted by molar-refractivity contribution is 0.341. The summed E-state index contributed by atoms with van der Waals surface area (Å²) in [6.07, 6.45) is 0. The highest BCUT2D eigenvalue weighted by atomic mass is 32.1. The fraction of sp³-hybridized carbons (Fsp3) is 0.316. The van der Waals surface area contributed by atoms with Gasteiger partial charge in [-0.3, -0.25) is 0 Å². The van der Waals surface area contributed by atoms with Gasteiger partial charge >= 0.3 is 0 Å². The van der Waals surface area contributed by atoms with Gasteiger partial charge in [0.2, 0.25) is 0 Å². The van der Waals surface area contributed by atoms with Crippen molar-refractivity contribution in [2.75, 3.05) is 6.61 Å². The molecule has 2 nitrogen and oxygen atoms in total. The lowest BCUT2D eigenvalue weighted by Crippen LogP contribution is -2.10. The Hall–Kier alpha value is -1.87. The first-order valence-electron chi connectivity index (χ1n) is 7.61. The first kappa shape index (κ1) is 15.0. The van der Waals surface area contributed by atoms with Gasteiger partial charge in [0.05, 0.1) is 17.3 Å². The molecule has 2 aromatic carbocycles. The largest absolute Gasteiger partial charge is 0.494 e. The maximum Gasteiger partial charge on any atom is 0.119 e. The van der Waals surface area contributed by atoms with Crippen LogP contribution in [-0.2, 0) is 5.41 Å². The van der Waals surface area contributed by atoms with Gasteiger partial charge in [-0.25, -0.2) is 4.98 Å². The molecule has 0 unspecified atom stereocenters. The molecule has 0 saturated carbocycles. The number of hydrogen-bond acceptors (Lipinski definition) is 3. The van der Waals surface area contributed by atoms with Crippen LogP contribution in [0.3, 0.4) is 0 Å². The summed E-state index contributed by atoms with van der Waals surface area (Å²) in [4.78, 5) is 4.85. The minimum absolute atomic E-state index is 0.0929. The van der Waals surface area contributed by atoms with Crippen molar-refractivity contribution in [2.45, 2.75) is 33.1 Å². The zero-order valence-electron chi connectivity index (χ0n) is 13.5. The van der Waals surface area contributed by atoms with E-state index in [1.807, 2.05) is 13.0 Å². The van der Waals surface area contributed by atoms with Crippen molar-refractivity contribution in [1.29, 1.82) is 0 Å². The minimum atomic E-state index is 0.0929. The summed E-state index contributed by atoms with van der Waals surface area (Å²) in [6.45, 7) is 9.30. The molecule has 1 heterocycles. The SMILES string of the molecule is CCOc1ccc2c(-c3csc(C(C)(C)C)n3)cccc2c1. The molecule has 0 aliphatic heterocycles. The Bertz CT molecular complexity index is 799. The van der Waals surface area contributed by atoms with Crippen molar-refractivity contribution in [3.63, 3.8) is 0 Å². The van der Waals surface area contributed by atoms with Crippen molar-refractivity contribution in [3.05, 3.63) is 46.8 Å². The molecule has 0 N–H and O–H groups in total. The zero-order valence-corrected chi connectivity index (χ0v) is 14.3. The highest BCUT2D eigenvalue weighted by Crippen LogP contribution is 2.34. The summed E-state index contributed by atoms with van der Waals surface area (Å²) in [6, 6.07) is 12.6. The second kappa shape index (κ2) is 5.73. The van der Waals surface area contributed by atoms with Crippen LogP contribution in [0.4, 0.5) is 0 Å². The van der Waals surface area contributed by atoms with E-state index in [-0.39, 0.29) is 5.41 Å². The summed E-state index contributed by atoms with van der Waals surface area (Å²) in [5.41, 5.74) is 2.34. The third-order valence-electron chi connectivity index (χ3n) is 3.58. The number of benzene rings is 2. The lowest BCUT2D eigenvalue weighted by atomic mass is 9.98. The summed E-state index contributed by atoms with van der Waals surface area (Å²) in [5.74, 6) is 0.917. The first-order chi connectivity index (χ1) is 10.5. The highest BCUT2D eigenvalue weighted by molar-refractivity contribution is 7.10. The summed E-state index contributed by atoms with van der Waals surface area (Å²) < 4.78 is 5.59. The Labute approximate surface area is 135 Å². The molecule has 3 rings (SSSR count). The van der Waals surface area contributed by atoms with Crippen LogP contribution in [0.2, 0.25) is 0 Å². The average Bonchev–Trinajstić information content (AvgIpc) is 2.96. The zero-order chi connectivity index (χ0) is 15.7. The molecule has 0 bridgehead atoms. The molecule has 0 fully saturated rings. The van der Waals surface area contributed by atoms with Gasteiger partial charge in [-0.15, -0.1) is 11.3 Å². The molecule has 3 aromatic rings. The normalized spacial score (nSPS) is 11.8. The molecule has 1 aromatic heterocycles. The molecule has 0 saturated heterocycles. The number of thiazole rings is 1. The molecule has 3 heteroatoms. The van der Waals surface area contributed by atoms with Gasteiger partial charge in [0, 0.05) is 16.4 Å². The van der Waals surface area contributed by atoms with Gasteiger partial charge < -0.3 is 4.74 Å². The number of nitrogens with zero attached hydrogens (tertiary/aromatic N) is 1. The molecule has 114 valence electrons. The predicted molar refractivity (Wildman–Crippen MR) is 94.9 cm³/mol. The third-order valence-corrected chi connectivity index (χ3v) is 4.85. The molecule has 0 aliphatic rings.